The number of aromatic nitrogens is 2. The molecule has 0 unspecified atom stereocenters. The standard InChI is InChI=1S/C23H21N3O/c27-23(14-15-26-17-24-21-12-6-7-13-22(21)26)25-20-11-5-4-10-19(20)16-18-8-2-1-3-9-18/h1-13,17H,14-16H2,(H,25,27). The fraction of sp³-hybridized carbons (Fsp3) is 0.130. The molecule has 1 aromatic heterocycles. The first-order valence-electron chi connectivity index (χ1n) is 9.11. The van der Waals surface area contributed by atoms with Crippen LogP contribution in [0.15, 0.2) is 85.2 Å². The Bertz CT molecular complexity index is 1050. The summed E-state index contributed by atoms with van der Waals surface area (Å²) in [6.45, 7) is 0.604. The lowest BCUT2D eigenvalue weighted by Crippen LogP contribution is -2.15. The number of carbonyl (C=O) groups excluding carboxylic acids is 1. The largest absolute Gasteiger partial charge is 0.330 e. The van der Waals surface area contributed by atoms with Gasteiger partial charge in [0, 0.05) is 18.7 Å². The highest BCUT2D eigenvalue weighted by Gasteiger charge is 2.09. The van der Waals surface area contributed by atoms with Gasteiger partial charge < -0.3 is 9.88 Å². The van der Waals surface area contributed by atoms with Gasteiger partial charge >= 0.3 is 0 Å². The van der Waals surface area contributed by atoms with E-state index < -0.39 is 0 Å². The van der Waals surface area contributed by atoms with E-state index in [0.29, 0.717) is 13.0 Å². The molecule has 0 bridgehead atoms. The van der Waals surface area contributed by atoms with Gasteiger partial charge in [0.2, 0.25) is 5.91 Å². The van der Waals surface area contributed by atoms with Crippen LogP contribution in [0, 0.1) is 0 Å². The molecule has 134 valence electrons. The highest BCUT2D eigenvalue weighted by atomic mass is 16.1. The summed E-state index contributed by atoms with van der Waals surface area (Å²) in [4.78, 5) is 16.9. The van der Waals surface area contributed by atoms with E-state index in [1.54, 1.807) is 6.33 Å². The average Bonchev–Trinajstić information content (AvgIpc) is 3.12. The van der Waals surface area contributed by atoms with Gasteiger partial charge in [0.1, 0.15) is 0 Å². The molecule has 0 aliphatic rings. The van der Waals surface area contributed by atoms with E-state index in [1.807, 2.05) is 65.2 Å². The van der Waals surface area contributed by atoms with Gasteiger partial charge in [-0.05, 0) is 35.7 Å². The van der Waals surface area contributed by atoms with Crippen LogP contribution in [0.1, 0.15) is 17.5 Å². The van der Waals surface area contributed by atoms with Crippen molar-refractivity contribution in [2.24, 2.45) is 0 Å². The number of para-hydroxylation sites is 3. The summed E-state index contributed by atoms with van der Waals surface area (Å²) in [6.07, 6.45) is 2.99. The Morgan fingerprint density at radius 2 is 1.63 bits per heavy atom. The van der Waals surface area contributed by atoms with Crippen LogP contribution >= 0.6 is 0 Å². The number of aryl methyl sites for hydroxylation is 1. The number of benzene rings is 3. The van der Waals surface area contributed by atoms with Crippen LogP contribution < -0.4 is 5.32 Å². The molecule has 1 amide bonds. The fourth-order valence-electron chi connectivity index (χ4n) is 3.24. The number of hydrogen-bond acceptors (Lipinski definition) is 2. The maximum absolute atomic E-state index is 12.5. The molecule has 4 aromatic rings. The molecular weight excluding hydrogens is 334 g/mol. The fourth-order valence-corrected chi connectivity index (χ4v) is 3.24. The smallest absolute Gasteiger partial charge is 0.226 e. The predicted octanol–water partition coefficient (Wildman–Crippen LogP) is 4.66. The first-order chi connectivity index (χ1) is 13.3. The zero-order chi connectivity index (χ0) is 18.5. The van der Waals surface area contributed by atoms with Gasteiger partial charge in [0.15, 0.2) is 0 Å². The Kier molecular flexibility index (Phi) is 4.97. The minimum atomic E-state index is 0.00768. The van der Waals surface area contributed by atoms with Crippen molar-refractivity contribution in [1.29, 1.82) is 0 Å². The number of nitrogens with zero attached hydrogens (tertiary/aromatic N) is 2. The Morgan fingerprint density at radius 1 is 0.889 bits per heavy atom. The Morgan fingerprint density at radius 3 is 2.52 bits per heavy atom. The molecule has 0 atom stereocenters. The molecule has 27 heavy (non-hydrogen) atoms. The number of anilines is 1. The van der Waals surface area contributed by atoms with E-state index in [2.05, 4.69) is 28.5 Å². The Hall–Kier alpha value is -3.40. The lowest BCUT2D eigenvalue weighted by Gasteiger charge is -2.12. The summed E-state index contributed by atoms with van der Waals surface area (Å²) in [7, 11) is 0. The second-order valence-electron chi connectivity index (χ2n) is 6.54. The summed E-state index contributed by atoms with van der Waals surface area (Å²) in [5.74, 6) is 0.00768. The number of hydrogen-bond donors (Lipinski definition) is 1. The van der Waals surface area contributed by atoms with Crippen molar-refractivity contribution in [1.82, 2.24) is 9.55 Å². The van der Waals surface area contributed by atoms with E-state index in [0.717, 1.165) is 28.7 Å². The van der Waals surface area contributed by atoms with Gasteiger partial charge in [-0.3, -0.25) is 4.79 Å². The SMILES string of the molecule is O=C(CCn1cnc2ccccc21)Nc1ccccc1Cc1ccccc1. The lowest BCUT2D eigenvalue weighted by atomic mass is 10.0. The number of nitrogens with one attached hydrogen (secondary N) is 1. The zero-order valence-corrected chi connectivity index (χ0v) is 15.0. The molecule has 0 spiro atoms. The number of imidazole rings is 1. The van der Waals surface area contributed by atoms with Crippen LogP contribution in [0.5, 0.6) is 0 Å². The first-order valence-corrected chi connectivity index (χ1v) is 9.11. The molecule has 1 N–H and O–H groups in total. The number of rotatable bonds is 6. The van der Waals surface area contributed by atoms with E-state index in [-0.39, 0.29) is 5.91 Å². The molecule has 0 saturated heterocycles. The monoisotopic (exact) mass is 355 g/mol. The summed E-state index contributed by atoms with van der Waals surface area (Å²) in [6, 6.07) is 26.2. The van der Waals surface area contributed by atoms with Crippen LogP contribution in [-0.4, -0.2) is 15.5 Å². The number of fused-ring (bicyclic) bond motifs is 1. The summed E-state index contributed by atoms with van der Waals surface area (Å²) in [5.41, 5.74) is 5.22. The van der Waals surface area contributed by atoms with Gasteiger partial charge in [0.05, 0.1) is 17.4 Å². The Balaban J connectivity index is 1.42. The number of carbonyl (C=O) groups is 1. The summed E-state index contributed by atoms with van der Waals surface area (Å²) < 4.78 is 2.02. The van der Waals surface area contributed by atoms with E-state index in [9.17, 15) is 4.79 Å². The van der Waals surface area contributed by atoms with Gasteiger partial charge in [-0.25, -0.2) is 4.98 Å². The molecular formula is C23H21N3O. The summed E-state index contributed by atoms with van der Waals surface area (Å²) >= 11 is 0. The quantitative estimate of drug-likeness (QED) is 0.547. The van der Waals surface area contributed by atoms with E-state index in [1.165, 1.54) is 5.56 Å². The van der Waals surface area contributed by atoms with Crippen molar-refractivity contribution < 1.29 is 4.79 Å². The molecule has 0 aliphatic carbocycles. The number of amides is 1. The molecule has 3 aromatic carbocycles. The van der Waals surface area contributed by atoms with Crippen molar-refractivity contribution in [3.8, 4) is 0 Å². The minimum Gasteiger partial charge on any atom is -0.330 e. The van der Waals surface area contributed by atoms with Crippen molar-refractivity contribution in [3.05, 3.63) is 96.3 Å². The second-order valence-corrected chi connectivity index (χ2v) is 6.54. The van der Waals surface area contributed by atoms with Crippen LogP contribution in [0.25, 0.3) is 11.0 Å². The topological polar surface area (TPSA) is 46.9 Å². The predicted molar refractivity (Wildman–Crippen MR) is 109 cm³/mol. The van der Waals surface area contributed by atoms with Gasteiger partial charge in [-0.15, -0.1) is 0 Å². The average molecular weight is 355 g/mol. The molecule has 4 rings (SSSR count). The van der Waals surface area contributed by atoms with Crippen LogP contribution in [0.4, 0.5) is 5.69 Å². The molecule has 0 fully saturated rings. The maximum atomic E-state index is 12.5. The molecule has 0 aliphatic heterocycles. The lowest BCUT2D eigenvalue weighted by molar-refractivity contribution is -0.116. The van der Waals surface area contributed by atoms with Crippen molar-refractivity contribution in [2.75, 3.05) is 5.32 Å². The van der Waals surface area contributed by atoms with Crippen LogP contribution in [0.2, 0.25) is 0 Å². The third-order valence-electron chi connectivity index (χ3n) is 4.64. The normalized spacial score (nSPS) is 10.8. The van der Waals surface area contributed by atoms with Crippen molar-refractivity contribution in [3.63, 3.8) is 0 Å². The molecule has 4 heteroatoms. The maximum Gasteiger partial charge on any atom is 0.226 e. The molecule has 4 nitrogen and oxygen atoms in total. The minimum absolute atomic E-state index is 0.00768. The second kappa shape index (κ2) is 7.87. The first kappa shape index (κ1) is 17.0. The highest BCUT2D eigenvalue weighted by molar-refractivity contribution is 5.91. The van der Waals surface area contributed by atoms with E-state index >= 15 is 0 Å². The third-order valence-corrected chi connectivity index (χ3v) is 4.64. The molecule has 0 saturated carbocycles. The van der Waals surface area contributed by atoms with E-state index in [4.69, 9.17) is 0 Å². The van der Waals surface area contributed by atoms with Gasteiger partial charge in [-0.1, -0.05) is 60.7 Å². The molecule has 0 radical (unpaired) electrons. The molecule has 1 heterocycles. The van der Waals surface area contributed by atoms with Crippen molar-refractivity contribution in [2.45, 2.75) is 19.4 Å². The van der Waals surface area contributed by atoms with Crippen LogP contribution in [-0.2, 0) is 17.8 Å². The van der Waals surface area contributed by atoms with Gasteiger partial charge in [0.25, 0.3) is 0 Å². The highest BCUT2D eigenvalue weighted by Crippen LogP contribution is 2.19. The summed E-state index contributed by atoms with van der Waals surface area (Å²) in [5, 5.41) is 3.07. The van der Waals surface area contributed by atoms with Gasteiger partial charge in [-0.2, -0.15) is 0 Å². The third kappa shape index (κ3) is 4.06. The van der Waals surface area contributed by atoms with Crippen molar-refractivity contribution >= 4 is 22.6 Å². The van der Waals surface area contributed by atoms with Crippen LogP contribution in [0.3, 0.4) is 0 Å². The zero-order valence-electron chi connectivity index (χ0n) is 15.0. The Labute approximate surface area is 158 Å².